The molecule has 1 heterocycles. The van der Waals surface area contributed by atoms with Crippen molar-refractivity contribution in [1.29, 1.82) is 0 Å². The van der Waals surface area contributed by atoms with Crippen LogP contribution in [0.15, 0.2) is 46.5 Å². The Kier molecular flexibility index (Phi) is 3.99. The van der Waals surface area contributed by atoms with Gasteiger partial charge < -0.3 is 5.11 Å². The lowest BCUT2D eigenvalue weighted by molar-refractivity contribution is -0.387. The number of pyridine rings is 1. The number of hydrogen-bond donors (Lipinski definition) is 1. The highest BCUT2D eigenvalue weighted by atomic mass is 32.2. The van der Waals surface area contributed by atoms with Crippen molar-refractivity contribution in [2.45, 2.75) is 16.8 Å². The van der Waals surface area contributed by atoms with Gasteiger partial charge in [-0.2, -0.15) is 0 Å². The van der Waals surface area contributed by atoms with E-state index in [-0.39, 0.29) is 16.3 Å². The van der Waals surface area contributed by atoms with Crippen LogP contribution in [0.1, 0.15) is 15.9 Å². The molecule has 0 spiro atoms. The van der Waals surface area contributed by atoms with Crippen LogP contribution in [0, 0.1) is 17.0 Å². The van der Waals surface area contributed by atoms with E-state index in [2.05, 4.69) is 4.98 Å². The third-order valence-electron chi connectivity index (χ3n) is 2.52. The summed E-state index contributed by atoms with van der Waals surface area (Å²) in [4.78, 5) is 26.0. The van der Waals surface area contributed by atoms with Gasteiger partial charge in [-0.3, -0.25) is 10.1 Å². The first-order chi connectivity index (χ1) is 9.49. The molecule has 1 N–H and O–H groups in total. The van der Waals surface area contributed by atoms with Gasteiger partial charge in [0.15, 0.2) is 0 Å². The van der Waals surface area contributed by atoms with Gasteiger partial charge >= 0.3 is 5.97 Å². The average molecular weight is 290 g/mol. The van der Waals surface area contributed by atoms with Crippen molar-refractivity contribution < 1.29 is 14.8 Å². The summed E-state index contributed by atoms with van der Waals surface area (Å²) in [6.07, 6.45) is 1.45. The van der Waals surface area contributed by atoms with Gasteiger partial charge in [0.2, 0.25) is 0 Å². The summed E-state index contributed by atoms with van der Waals surface area (Å²) >= 11 is 0.973. The Morgan fingerprint density at radius 3 is 2.80 bits per heavy atom. The van der Waals surface area contributed by atoms with Gasteiger partial charge in [-0.1, -0.05) is 17.8 Å². The molecule has 0 amide bonds. The molecule has 0 saturated heterocycles. The highest BCUT2D eigenvalue weighted by Gasteiger charge is 2.18. The molecule has 1 aromatic carbocycles. The molecule has 1 aromatic heterocycles. The van der Waals surface area contributed by atoms with Crippen LogP contribution in [0.2, 0.25) is 0 Å². The standard InChI is InChI=1S/C13H10N2O4S/c1-8-4-5-11(10(7-8)15(18)19)20-12-9(13(16)17)3-2-6-14-12/h2-7H,1H3,(H,16,17). The van der Waals surface area contributed by atoms with Crippen LogP contribution >= 0.6 is 11.8 Å². The number of nitro groups is 1. The number of rotatable bonds is 4. The largest absolute Gasteiger partial charge is 0.478 e. The van der Waals surface area contributed by atoms with Gasteiger partial charge in [0.05, 0.1) is 15.4 Å². The third-order valence-corrected chi connectivity index (χ3v) is 3.60. The predicted octanol–water partition coefficient (Wildman–Crippen LogP) is 3.15. The molecule has 0 fully saturated rings. The van der Waals surface area contributed by atoms with Crippen LogP contribution in [0.3, 0.4) is 0 Å². The first-order valence-corrected chi connectivity index (χ1v) is 6.42. The summed E-state index contributed by atoms with van der Waals surface area (Å²) in [6.45, 7) is 1.75. The molecule has 6 nitrogen and oxygen atoms in total. The van der Waals surface area contributed by atoms with Crippen molar-refractivity contribution in [3.8, 4) is 0 Å². The fourth-order valence-corrected chi connectivity index (χ4v) is 2.56. The minimum absolute atomic E-state index is 0.0207. The van der Waals surface area contributed by atoms with Crippen molar-refractivity contribution in [3.05, 3.63) is 57.8 Å². The number of aromatic carboxylic acids is 1. The van der Waals surface area contributed by atoms with E-state index in [0.717, 1.165) is 17.3 Å². The summed E-state index contributed by atoms with van der Waals surface area (Å²) < 4.78 is 0. The molecule has 0 aliphatic rings. The van der Waals surface area contributed by atoms with Crippen LogP contribution in [-0.4, -0.2) is 21.0 Å². The quantitative estimate of drug-likeness (QED) is 0.686. The Morgan fingerprint density at radius 2 is 2.15 bits per heavy atom. The lowest BCUT2D eigenvalue weighted by Gasteiger charge is -2.05. The van der Waals surface area contributed by atoms with Crippen LogP contribution in [0.25, 0.3) is 0 Å². The number of aromatic nitrogens is 1. The fourth-order valence-electron chi connectivity index (χ4n) is 1.60. The zero-order chi connectivity index (χ0) is 14.7. The van der Waals surface area contributed by atoms with E-state index in [1.54, 1.807) is 19.1 Å². The van der Waals surface area contributed by atoms with E-state index in [1.165, 1.54) is 24.4 Å². The predicted molar refractivity (Wildman–Crippen MR) is 73.2 cm³/mol. The maximum atomic E-state index is 11.1. The highest BCUT2D eigenvalue weighted by Crippen LogP contribution is 2.35. The number of carboxylic acids is 1. The Morgan fingerprint density at radius 1 is 1.40 bits per heavy atom. The molecule has 7 heteroatoms. The molecule has 2 aromatic rings. The van der Waals surface area contributed by atoms with E-state index >= 15 is 0 Å². The first-order valence-electron chi connectivity index (χ1n) is 5.60. The molecule has 0 bridgehead atoms. The van der Waals surface area contributed by atoms with E-state index in [0.29, 0.717) is 4.90 Å². The second-order valence-electron chi connectivity index (χ2n) is 3.99. The maximum absolute atomic E-state index is 11.1. The third kappa shape index (κ3) is 2.94. The van der Waals surface area contributed by atoms with Crippen molar-refractivity contribution >= 4 is 23.4 Å². The van der Waals surface area contributed by atoms with Crippen molar-refractivity contribution in [2.24, 2.45) is 0 Å². The Bertz CT molecular complexity index is 688. The molecular weight excluding hydrogens is 280 g/mol. The van der Waals surface area contributed by atoms with E-state index < -0.39 is 10.9 Å². The monoisotopic (exact) mass is 290 g/mol. The second kappa shape index (κ2) is 5.70. The minimum Gasteiger partial charge on any atom is -0.478 e. The number of aryl methyl sites for hydroxylation is 1. The first kappa shape index (κ1) is 14.0. The molecule has 0 unspecified atom stereocenters. The highest BCUT2D eigenvalue weighted by molar-refractivity contribution is 7.99. The minimum atomic E-state index is -1.12. The van der Waals surface area contributed by atoms with Gasteiger partial charge in [-0.05, 0) is 30.7 Å². The molecule has 102 valence electrons. The maximum Gasteiger partial charge on any atom is 0.338 e. The SMILES string of the molecule is Cc1ccc(Sc2ncccc2C(=O)O)c([N+](=O)[O-])c1. The second-order valence-corrected chi connectivity index (χ2v) is 5.02. The molecule has 0 aliphatic carbocycles. The molecule has 0 radical (unpaired) electrons. The summed E-state index contributed by atoms with van der Waals surface area (Å²) in [5.41, 5.74) is 0.727. The number of nitro benzene ring substituents is 1. The molecule has 0 atom stereocenters. The van der Waals surface area contributed by atoms with Crippen molar-refractivity contribution in [3.63, 3.8) is 0 Å². The molecule has 0 aliphatic heterocycles. The summed E-state index contributed by atoms with van der Waals surface area (Å²) in [5.74, 6) is -1.12. The van der Waals surface area contributed by atoms with Crippen LogP contribution in [0.4, 0.5) is 5.69 Å². The van der Waals surface area contributed by atoms with E-state index in [1.807, 2.05) is 0 Å². The molecule has 0 saturated carbocycles. The number of carbonyl (C=O) groups is 1. The average Bonchev–Trinajstić information content (AvgIpc) is 2.41. The van der Waals surface area contributed by atoms with Crippen LogP contribution in [-0.2, 0) is 0 Å². The van der Waals surface area contributed by atoms with Gasteiger partial charge in [0, 0.05) is 12.3 Å². The zero-order valence-corrected chi connectivity index (χ0v) is 11.3. The lowest BCUT2D eigenvalue weighted by atomic mass is 10.2. The zero-order valence-electron chi connectivity index (χ0n) is 10.4. The molecule has 20 heavy (non-hydrogen) atoms. The fraction of sp³-hybridized carbons (Fsp3) is 0.0769. The van der Waals surface area contributed by atoms with Crippen molar-refractivity contribution in [1.82, 2.24) is 4.98 Å². The van der Waals surface area contributed by atoms with Crippen LogP contribution in [0.5, 0.6) is 0 Å². The van der Waals surface area contributed by atoms with Gasteiger partial charge in [-0.25, -0.2) is 9.78 Å². The molecule has 2 rings (SSSR count). The van der Waals surface area contributed by atoms with E-state index in [9.17, 15) is 14.9 Å². The topological polar surface area (TPSA) is 93.3 Å². The summed E-state index contributed by atoms with van der Waals surface area (Å²) in [7, 11) is 0. The Balaban J connectivity index is 2.45. The summed E-state index contributed by atoms with van der Waals surface area (Å²) in [6, 6.07) is 7.71. The normalized spacial score (nSPS) is 10.2. The van der Waals surface area contributed by atoms with Crippen molar-refractivity contribution in [2.75, 3.05) is 0 Å². The Labute approximate surface area is 118 Å². The van der Waals surface area contributed by atoms with Gasteiger partial charge in [-0.15, -0.1) is 0 Å². The van der Waals surface area contributed by atoms with Gasteiger partial charge in [0.1, 0.15) is 5.03 Å². The number of hydrogen-bond acceptors (Lipinski definition) is 5. The van der Waals surface area contributed by atoms with Crippen LogP contribution < -0.4 is 0 Å². The van der Waals surface area contributed by atoms with E-state index in [4.69, 9.17) is 5.11 Å². The number of nitrogens with zero attached hydrogens (tertiary/aromatic N) is 2. The number of carboxylic acid groups (broad SMARTS) is 1. The smallest absolute Gasteiger partial charge is 0.338 e. The molecular formula is C13H10N2O4S. The van der Waals surface area contributed by atoms with Gasteiger partial charge in [0.25, 0.3) is 5.69 Å². The summed E-state index contributed by atoms with van der Waals surface area (Å²) in [5, 5.41) is 20.3. The Hall–Kier alpha value is -2.41. The number of benzene rings is 1. The lowest BCUT2D eigenvalue weighted by Crippen LogP contribution is -2.00.